The van der Waals surface area contributed by atoms with Crippen LogP contribution >= 0.6 is 11.8 Å². The zero-order valence-corrected chi connectivity index (χ0v) is 18.5. The first kappa shape index (κ1) is 20.6. The van der Waals surface area contributed by atoms with Gasteiger partial charge >= 0.3 is 0 Å². The average molecular weight is 375 g/mol. The van der Waals surface area contributed by atoms with Gasteiger partial charge in [-0.15, -0.1) is 12.3 Å². The molecule has 0 heterocycles. The van der Waals surface area contributed by atoms with Crippen molar-refractivity contribution in [2.45, 2.75) is 90.9 Å². The maximum atomic E-state index is 6.05. The number of hydrogen-bond acceptors (Lipinski definition) is 1. The Kier molecular flexibility index (Phi) is 7.47. The van der Waals surface area contributed by atoms with Crippen molar-refractivity contribution in [3.05, 3.63) is 0 Å². The van der Waals surface area contributed by atoms with Crippen LogP contribution < -0.4 is 0 Å². The lowest BCUT2D eigenvalue weighted by Gasteiger charge is -2.50. The Bertz CT molecular complexity index is 477. The highest BCUT2D eigenvalue weighted by atomic mass is 32.2. The van der Waals surface area contributed by atoms with Crippen molar-refractivity contribution >= 4 is 11.8 Å². The van der Waals surface area contributed by atoms with Gasteiger partial charge in [0, 0.05) is 5.92 Å². The molecule has 0 aromatic rings. The molecule has 3 aliphatic rings. The van der Waals surface area contributed by atoms with Gasteiger partial charge in [-0.2, -0.15) is 11.8 Å². The predicted molar refractivity (Wildman–Crippen MR) is 117 cm³/mol. The lowest BCUT2D eigenvalue weighted by atomic mass is 9.54. The Morgan fingerprint density at radius 1 is 1.04 bits per heavy atom. The maximum Gasteiger partial charge on any atom is 0.0241 e. The molecule has 0 aliphatic heterocycles. The van der Waals surface area contributed by atoms with Crippen molar-refractivity contribution in [2.75, 3.05) is 12.0 Å². The van der Waals surface area contributed by atoms with Gasteiger partial charge in [0.1, 0.15) is 0 Å². The summed E-state index contributed by atoms with van der Waals surface area (Å²) in [5, 5.41) is 0. The van der Waals surface area contributed by atoms with Gasteiger partial charge in [0.2, 0.25) is 0 Å². The number of thioether (sulfide) groups is 1. The van der Waals surface area contributed by atoms with Crippen molar-refractivity contribution in [1.82, 2.24) is 0 Å². The summed E-state index contributed by atoms with van der Waals surface area (Å²) in [7, 11) is 0. The summed E-state index contributed by atoms with van der Waals surface area (Å²) in [6.45, 7) is 5.16. The summed E-state index contributed by atoms with van der Waals surface area (Å²) in [5.41, 5.74) is 0.532. The molecule has 0 aromatic heterocycles. The molecule has 3 saturated carbocycles. The van der Waals surface area contributed by atoms with E-state index in [4.69, 9.17) is 6.42 Å². The lowest BCUT2D eigenvalue weighted by molar-refractivity contribution is -0.00866. The zero-order chi connectivity index (χ0) is 18.6. The molecule has 3 fully saturated rings. The fourth-order valence-corrected chi connectivity index (χ4v) is 7.70. The van der Waals surface area contributed by atoms with E-state index in [0.717, 1.165) is 29.6 Å². The highest BCUT2D eigenvalue weighted by molar-refractivity contribution is 7.98. The molecule has 0 amide bonds. The first-order valence-electron chi connectivity index (χ1n) is 11.5. The molecule has 0 saturated heterocycles. The molecular weight excluding hydrogens is 332 g/mol. The van der Waals surface area contributed by atoms with Crippen molar-refractivity contribution < 1.29 is 0 Å². The fraction of sp³-hybridized carbons (Fsp3) is 0.920. The molecule has 3 aliphatic carbocycles. The molecule has 7 atom stereocenters. The number of rotatable bonds is 4. The third-order valence-electron chi connectivity index (χ3n) is 8.76. The second-order valence-electron chi connectivity index (χ2n) is 10.1. The lowest BCUT2D eigenvalue weighted by Crippen LogP contribution is -2.43. The van der Waals surface area contributed by atoms with Gasteiger partial charge in [-0.3, -0.25) is 0 Å². The van der Waals surface area contributed by atoms with Crippen LogP contribution in [-0.4, -0.2) is 12.0 Å². The van der Waals surface area contributed by atoms with Crippen molar-refractivity contribution in [3.8, 4) is 12.3 Å². The maximum absolute atomic E-state index is 6.05. The first-order chi connectivity index (χ1) is 12.6. The average Bonchev–Trinajstić information content (AvgIpc) is 2.98. The normalized spacial score (nSPS) is 42.3. The summed E-state index contributed by atoms with van der Waals surface area (Å²) < 4.78 is 0. The van der Waals surface area contributed by atoms with Crippen molar-refractivity contribution in [3.63, 3.8) is 0 Å². The van der Waals surface area contributed by atoms with Gasteiger partial charge < -0.3 is 0 Å². The van der Waals surface area contributed by atoms with Crippen molar-refractivity contribution in [1.29, 1.82) is 0 Å². The molecular formula is C25H42S. The summed E-state index contributed by atoms with van der Waals surface area (Å²) in [6, 6.07) is 0. The SMILES string of the molecule is C#CC(CCSC)C1CCC2C3CCC(C)CCCCCC3CCC12C. The Balaban J connectivity index is 1.75. The highest BCUT2D eigenvalue weighted by Crippen LogP contribution is 2.62. The van der Waals surface area contributed by atoms with Gasteiger partial charge in [0.25, 0.3) is 0 Å². The van der Waals surface area contributed by atoms with E-state index in [2.05, 4.69) is 26.0 Å². The fourth-order valence-electron chi connectivity index (χ4n) is 7.21. The van der Waals surface area contributed by atoms with Crippen LogP contribution in [0.1, 0.15) is 90.9 Å². The van der Waals surface area contributed by atoms with E-state index >= 15 is 0 Å². The van der Waals surface area contributed by atoms with E-state index in [1.54, 1.807) is 0 Å². The summed E-state index contributed by atoms with van der Waals surface area (Å²) >= 11 is 1.96. The smallest absolute Gasteiger partial charge is 0.0241 e. The second-order valence-corrected chi connectivity index (χ2v) is 11.1. The van der Waals surface area contributed by atoms with E-state index in [1.165, 1.54) is 82.8 Å². The van der Waals surface area contributed by atoms with Crippen LogP contribution in [0, 0.1) is 53.3 Å². The van der Waals surface area contributed by atoms with Gasteiger partial charge in [-0.25, -0.2) is 0 Å². The molecule has 3 rings (SSSR count). The van der Waals surface area contributed by atoms with Crippen LogP contribution in [-0.2, 0) is 0 Å². The molecule has 7 unspecified atom stereocenters. The van der Waals surface area contributed by atoms with Gasteiger partial charge in [0.05, 0.1) is 0 Å². The topological polar surface area (TPSA) is 0 Å². The minimum Gasteiger partial charge on any atom is -0.165 e. The minimum absolute atomic E-state index is 0.521. The summed E-state index contributed by atoms with van der Waals surface area (Å²) in [5.74, 6) is 9.71. The zero-order valence-electron chi connectivity index (χ0n) is 17.6. The summed E-state index contributed by atoms with van der Waals surface area (Å²) in [6.07, 6.45) is 25.7. The van der Waals surface area contributed by atoms with E-state index in [1.807, 2.05) is 11.8 Å². The van der Waals surface area contributed by atoms with Crippen LogP contribution in [0.15, 0.2) is 0 Å². The van der Waals surface area contributed by atoms with E-state index in [-0.39, 0.29) is 0 Å². The molecule has 0 bridgehead atoms. The molecule has 0 spiro atoms. The third-order valence-corrected chi connectivity index (χ3v) is 9.40. The van der Waals surface area contributed by atoms with Crippen LogP contribution in [0.4, 0.5) is 0 Å². The molecule has 0 N–H and O–H groups in total. The molecule has 0 radical (unpaired) electrons. The Morgan fingerprint density at radius 3 is 2.62 bits per heavy atom. The Labute approximate surface area is 168 Å². The van der Waals surface area contributed by atoms with E-state index in [9.17, 15) is 0 Å². The number of hydrogen-bond donors (Lipinski definition) is 0. The Morgan fingerprint density at radius 2 is 1.85 bits per heavy atom. The van der Waals surface area contributed by atoms with Gasteiger partial charge in [-0.05, 0) is 85.5 Å². The molecule has 0 nitrogen and oxygen atoms in total. The van der Waals surface area contributed by atoms with Crippen molar-refractivity contribution in [2.24, 2.45) is 40.9 Å². The van der Waals surface area contributed by atoms with Crippen LogP contribution in [0.5, 0.6) is 0 Å². The molecule has 148 valence electrons. The molecule has 1 heteroatoms. The predicted octanol–water partition coefficient (Wildman–Crippen LogP) is 7.43. The number of fused-ring (bicyclic) bond motifs is 3. The highest BCUT2D eigenvalue weighted by Gasteiger charge is 2.54. The van der Waals surface area contributed by atoms with Gasteiger partial charge in [0.15, 0.2) is 0 Å². The molecule has 0 aromatic carbocycles. The quantitative estimate of drug-likeness (QED) is 0.461. The van der Waals surface area contributed by atoms with Gasteiger partial charge in [-0.1, -0.05) is 52.4 Å². The second kappa shape index (κ2) is 9.41. The van der Waals surface area contributed by atoms with Crippen LogP contribution in [0.2, 0.25) is 0 Å². The van der Waals surface area contributed by atoms with Crippen LogP contribution in [0.25, 0.3) is 0 Å². The van der Waals surface area contributed by atoms with E-state index < -0.39 is 0 Å². The molecule has 26 heavy (non-hydrogen) atoms. The standard InChI is InChI=1S/C25H42S/c1-5-20(16-18-26-4)23-13-14-24-22-12-11-19(2)9-7-6-8-10-21(22)15-17-25(23,24)3/h1,19-24H,6-18H2,2-4H3. The third kappa shape index (κ3) is 4.32. The van der Waals surface area contributed by atoms with Crippen LogP contribution in [0.3, 0.4) is 0 Å². The monoisotopic (exact) mass is 374 g/mol. The first-order valence-corrected chi connectivity index (χ1v) is 12.9. The minimum atomic E-state index is 0.521. The van der Waals surface area contributed by atoms with E-state index in [0.29, 0.717) is 11.3 Å². The Hall–Kier alpha value is -0.0900. The largest absolute Gasteiger partial charge is 0.165 e. The number of terminal acetylenes is 1. The summed E-state index contributed by atoms with van der Waals surface area (Å²) in [4.78, 5) is 0.